The number of pyridine rings is 1. The SMILES string of the molecule is Cc1nnc(-c2c(N)ccnc2N[C@@H](C)c2nc3cccc(C#CC(C)(C)O)c3c(=O)n2-c2ccccc2)o1. The highest BCUT2D eigenvalue weighted by Crippen LogP contribution is 2.33. The van der Waals surface area contributed by atoms with Crippen LogP contribution in [-0.4, -0.2) is 35.4 Å². The number of aromatic nitrogens is 5. The summed E-state index contributed by atoms with van der Waals surface area (Å²) in [4.78, 5) is 23.5. The lowest BCUT2D eigenvalue weighted by Gasteiger charge is -2.21. The van der Waals surface area contributed by atoms with Crippen LogP contribution in [0.4, 0.5) is 11.5 Å². The standard InChI is InChI=1S/C29H27N7O3/c1-17(32-25-24(21(30)14-16-31-25)27-35-34-18(2)39-27)26-33-22-12-8-9-19(13-15-29(3,4)38)23(22)28(37)36(26)20-10-6-5-7-11-20/h5-12,14,16-17,38H,1-4H3,(H3,30,31,32)/t17-/m0/s1. The number of para-hydroxylation sites is 1. The van der Waals surface area contributed by atoms with E-state index in [1.54, 1.807) is 55.8 Å². The summed E-state index contributed by atoms with van der Waals surface area (Å²) in [6.45, 7) is 6.74. The molecule has 0 amide bonds. The largest absolute Gasteiger partial charge is 0.421 e. The van der Waals surface area contributed by atoms with Crippen molar-refractivity contribution in [1.29, 1.82) is 0 Å². The predicted octanol–water partition coefficient (Wildman–Crippen LogP) is 4.02. The van der Waals surface area contributed by atoms with E-state index in [0.29, 0.717) is 50.9 Å². The fourth-order valence-corrected chi connectivity index (χ4v) is 4.17. The normalized spacial score (nSPS) is 12.1. The van der Waals surface area contributed by atoms with Crippen molar-refractivity contribution in [2.75, 3.05) is 11.1 Å². The van der Waals surface area contributed by atoms with Crippen molar-refractivity contribution in [3.05, 3.63) is 88.4 Å². The molecular weight excluding hydrogens is 494 g/mol. The summed E-state index contributed by atoms with van der Waals surface area (Å²) in [7, 11) is 0. The van der Waals surface area contributed by atoms with Crippen LogP contribution in [0.1, 0.15) is 44.1 Å². The van der Waals surface area contributed by atoms with Crippen LogP contribution in [0.15, 0.2) is 70.0 Å². The van der Waals surface area contributed by atoms with Crippen molar-refractivity contribution in [3.63, 3.8) is 0 Å². The van der Waals surface area contributed by atoms with Crippen molar-refractivity contribution in [3.8, 4) is 29.0 Å². The minimum absolute atomic E-state index is 0.231. The summed E-state index contributed by atoms with van der Waals surface area (Å²) in [6, 6.07) is 15.7. The molecule has 0 unspecified atom stereocenters. The van der Waals surface area contributed by atoms with E-state index in [-0.39, 0.29) is 11.4 Å². The van der Waals surface area contributed by atoms with Crippen molar-refractivity contribution >= 4 is 22.4 Å². The molecule has 10 nitrogen and oxygen atoms in total. The number of anilines is 2. The highest BCUT2D eigenvalue weighted by atomic mass is 16.4. The molecule has 1 atom stereocenters. The molecule has 3 heterocycles. The number of fused-ring (bicyclic) bond motifs is 1. The second-order valence-corrected chi connectivity index (χ2v) is 9.57. The van der Waals surface area contributed by atoms with Gasteiger partial charge in [-0.1, -0.05) is 36.1 Å². The Morgan fingerprint density at radius 1 is 1.10 bits per heavy atom. The number of hydrogen-bond donors (Lipinski definition) is 3. The Morgan fingerprint density at radius 2 is 1.87 bits per heavy atom. The number of benzene rings is 2. The van der Waals surface area contributed by atoms with Gasteiger partial charge in [0.05, 0.1) is 22.6 Å². The molecule has 196 valence electrons. The molecule has 0 aliphatic carbocycles. The lowest BCUT2D eigenvalue weighted by atomic mass is 10.1. The maximum absolute atomic E-state index is 14.1. The topological polar surface area (TPSA) is 145 Å². The van der Waals surface area contributed by atoms with Crippen LogP contribution in [0, 0.1) is 18.8 Å². The smallest absolute Gasteiger partial charge is 0.267 e. The van der Waals surface area contributed by atoms with Crippen LogP contribution in [0.5, 0.6) is 0 Å². The van der Waals surface area contributed by atoms with Gasteiger partial charge in [0.2, 0.25) is 5.89 Å². The Morgan fingerprint density at radius 3 is 2.56 bits per heavy atom. The maximum atomic E-state index is 14.1. The van der Waals surface area contributed by atoms with E-state index in [0.717, 1.165) is 0 Å². The molecule has 5 rings (SSSR count). The van der Waals surface area contributed by atoms with E-state index in [1.807, 2.05) is 37.3 Å². The highest BCUT2D eigenvalue weighted by Gasteiger charge is 2.23. The van der Waals surface area contributed by atoms with E-state index in [1.165, 1.54) is 0 Å². The molecule has 0 bridgehead atoms. The molecule has 39 heavy (non-hydrogen) atoms. The second-order valence-electron chi connectivity index (χ2n) is 9.57. The van der Waals surface area contributed by atoms with Gasteiger partial charge in [-0.15, -0.1) is 10.2 Å². The first-order valence-corrected chi connectivity index (χ1v) is 12.3. The van der Waals surface area contributed by atoms with Crippen LogP contribution >= 0.6 is 0 Å². The zero-order valence-electron chi connectivity index (χ0n) is 21.9. The first-order valence-electron chi connectivity index (χ1n) is 12.3. The number of nitrogen functional groups attached to an aromatic ring is 1. The zero-order valence-corrected chi connectivity index (χ0v) is 21.9. The van der Waals surface area contributed by atoms with Gasteiger partial charge in [-0.2, -0.15) is 0 Å². The Bertz CT molecular complexity index is 1790. The zero-order chi connectivity index (χ0) is 27.7. The fourth-order valence-electron chi connectivity index (χ4n) is 4.17. The average molecular weight is 522 g/mol. The Labute approximate surface area is 224 Å². The van der Waals surface area contributed by atoms with Gasteiger partial charge in [-0.3, -0.25) is 9.36 Å². The minimum Gasteiger partial charge on any atom is -0.421 e. The Hall–Kier alpha value is -5.01. The number of aliphatic hydroxyl groups is 1. The fraction of sp³-hybridized carbons (Fsp3) is 0.207. The molecule has 4 N–H and O–H groups in total. The van der Waals surface area contributed by atoms with Crippen molar-refractivity contribution in [2.45, 2.75) is 39.3 Å². The summed E-state index contributed by atoms with van der Waals surface area (Å²) in [5.41, 5.74) is 7.23. The molecule has 0 spiro atoms. The van der Waals surface area contributed by atoms with Gasteiger partial charge in [-0.05, 0) is 51.1 Å². The molecule has 2 aromatic carbocycles. The number of hydrogen-bond acceptors (Lipinski definition) is 9. The van der Waals surface area contributed by atoms with Gasteiger partial charge in [0.25, 0.3) is 11.4 Å². The van der Waals surface area contributed by atoms with E-state index < -0.39 is 11.6 Å². The monoisotopic (exact) mass is 521 g/mol. The lowest BCUT2D eigenvalue weighted by molar-refractivity contribution is 0.143. The molecule has 0 aliphatic rings. The maximum Gasteiger partial charge on any atom is 0.267 e. The van der Waals surface area contributed by atoms with Gasteiger partial charge >= 0.3 is 0 Å². The summed E-state index contributed by atoms with van der Waals surface area (Å²) >= 11 is 0. The van der Waals surface area contributed by atoms with E-state index in [4.69, 9.17) is 15.1 Å². The first kappa shape index (κ1) is 25.6. The molecule has 0 saturated carbocycles. The van der Waals surface area contributed by atoms with Crippen LogP contribution in [0.25, 0.3) is 28.0 Å². The second kappa shape index (κ2) is 10.0. The molecule has 0 radical (unpaired) electrons. The summed E-state index contributed by atoms with van der Waals surface area (Å²) in [5.74, 6) is 7.23. The molecule has 3 aromatic heterocycles. The quantitative estimate of drug-likeness (QED) is 0.292. The molecule has 10 heteroatoms. The van der Waals surface area contributed by atoms with Gasteiger partial charge in [0.15, 0.2) is 0 Å². The minimum atomic E-state index is -1.22. The Balaban J connectivity index is 1.69. The summed E-state index contributed by atoms with van der Waals surface area (Å²) < 4.78 is 7.18. The third-order valence-electron chi connectivity index (χ3n) is 5.90. The Kier molecular flexibility index (Phi) is 6.60. The van der Waals surface area contributed by atoms with E-state index >= 15 is 0 Å². The van der Waals surface area contributed by atoms with Gasteiger partial charge in [0, 0.05) is 24.4 Å². The molecule has 0 aliphatic heterocycles. The van der Waals surface area contributed by atoms with Crippen LogP contribution in [0.2, 0.25) is 0 Å². The third kappa shape index (κ3) is 5.21. The van der Waals surface area contributed by atoms with E-state index in [9.17, 15) is 9.90 Å². The lowest BCUT2D eigenvalue weighted by Crippen LogP contribution is -2.28. The highest BCUT2D eigenvalue weighted by molar-refractivity contribution is 5.85. The molecule has 5 aromatic rings. The summed E-state index contributed by atoms with van der Waals surface area (Å²) in [6.07, 6.45) is 1.57. The predicted molar refractivity (Wildman–Crippen MR) is 149 cm³/mol. The van der Waals surface area contributed by atoms with Crippen LogP contribution in [0.3, 0.4) is 0 Å². The van der Waals surface area contributed by atoms with Crippen molar-refractivity contribution < 1.29 is 9.52 Å². The molecule has 0 saturated heterocycles. The average Bonchev–Trinajstić information content (AvgIpc) is 3.32. The van der Waals surface area contributed by atoms with Crippen molar-refractivity contribution in [2.24, 2.45) is 0 Å². The van der Waals surface area contributed by atoms with Crippen LogP contribution < -0.4 is 16.6 Å². The number of nitrogens with zero attached hydrogens (tertiary/aromatic N) is 5. The third-order valence-corrected chi connectivity index (χ3v) is 5.90. The molecular formula is C29H27N7O3. The van der Waals surface area contributed by atoms with Gasteiger partial charge in [-0.25, -0.2) is 9.97 Å². The number of nitrogens with one attached hydrogen (secondary N) is 1. The molecule has 0 fully saturated rings. The van der Waals surface area contributed by atoms with E-state index in [2.05, 4.69) is 32.3 Å². The summed E-state index contributed by atoms with van der Waals surface area (Å²) in [5, 5.41) is 21.8. The van der Waals surface area contributed by atoms with Gasteiger partial charge in [0.1, 0.15) is 22.8 Å². The van der Waals surface area contributed by atoms with Gasteiger partial charge < -0.3 is 20.6 Å². The van der Waals surface area contributed by atoms with Crippen LogP contribution in [-0.2, 0) is 0 Å². The number of rotatable bonds is 5. The number of nitrogens with two attached hydrogens (primary N) is 1. The number of aryl methyl sites for hydroxylation is 1. The van der Waals surface area contributed by atoms with Crippen molar-refractivity contribution in [1.82, 2.24) is 24.7 Å². The first-order chi connectivity index (χ1) is 18.6.